The second-order valence-corrected chi connectivity index (χ2v) is 2.13. The fourth-order valence-corrected chi connectivity index (χ4v) is 0.760. The maximum Gasteiger partial charge on any atom is 2.00 e. The molecular formula is C9H21NOW. The zero-order valence-corrected chi connectivity index (χ0v) is 11.6. The van der Waals surface area contributed by atoms with E-state index >= 15 is 0 Å². The van der Waals surface area contributed by atoms with E-state index in [0.717, 1.165) is 26.1 Å². The summed E-state index contributed by atoms with van der Waals surface area (Å²) in [7, 11) is 2.11. The van der Waals surface area contributed by atoms with E-state index in [0.29, 0.717) is 0 Å². The van der Waals surface area contributed by atoms with Gasteiger partial charge in [-0.05, 0) is 13.6 Å². The zero-order chi connectivity index (χ0) is 7.82. The van der Waals surface area contributed by atoms with Gasteiger partial charge >= 0.3 is 21.1 Å². The molecule has 0 radical (unpaired) electrons. The van der Waals surface area contributed by atoms with Crippen molar-refractivity contribution in [2.45, 2.75) is 20.3 Å². The number of nitrogens with zero attached hydrogens (tertiary/aromatic N) is 1. The van der Waals surface area contributed by atoms with E-state index in [4.69, 9.17) is 4.74 Å². The summed E-state index contributed by atoms with van der Waals surface area (Å²) in [6, 6.07) is 0. The normalized spacial score (nSPS) is 17.2. The van der Waals surface area contributed by atoms with Crippen LogP contribution in [-0.2, 0) is 25.8 Å². The molecule has 0 spiro atoms. The molecule has 0 unspecified atom stereocenters. The topological polar surface area (TPSA) is 12.5 Å². The van der Waals surface area contributed by atoms with Gasteiger partial charge in [0.1, 0.15) is 0 Å². The Kier molecular flexibility index (Phi) is 21.7. The number of hydrogen-bond donors (Lipinski definition) is 0. The van der Waals surface area contributed by atoms with Crippen LogP contribution < -0.4 is 0 Å². The van der Waals surface area contributed by atoms with Gasteiger partial charge in [0.05, 0.1) is 0 Å². The summed E-state index contributed by atoms with van der Waals surface area (Å²) in [5, 5.41) is 0. The zero-order valence-electron chi connectivity index (χ0n) is 8.67. The summed E-state index contributed by atoms with van der Waals surface area (Å²) < 4.78 is 5.10. The molecule has 0 aromatic heterocycles. The van der Waals surface area contributed by atoms with Gasteiger partial charge in [0.15, 0.2) is 0 Å². The molecule has 3 heteroatoms. The third-order valence-corrected chi connectivity index (χ3v) is 1.34. The predicted octanol–water partition coefficient (Wildman–Crippen LogP) is 1.97. The molecule has 1 rings (SSSR count). The molecule has 0 aromatic carbocycles. The van der Waals surface area contributed by atoms with Crippen LogP contribution in [0.5, 0.6) is 0 Å². The quantitative estimate of drug-likeness (QED) is 0.624. The Balaban J connectivity index is -0.000000189. The van der Waals surface area contributed by atoms with E-state index in [9.17, 15) is 0 Å². The summed E-state index contributed by atoms with van der Waals surface area (Å²) in [4.78, 5) is 2.27. The Labute approximate surface area is 91.9 Å². The fraction of sp³-hybridized carbons (Fsp3) is 0.778. The minimum atomic E-state index is 0. The SMILES string of the molecule is CC.CN1CC[CH-]OCC1.[CH3-].[W+2]. The van der Waals surface area contributed by atoms with Gasteiger partial charge in [-0.15, -0.1) is 6.42 Å². The van der Waals surface area contributed by atoms with E-state index < -0.39 is 0 Å². The van der Waals surface area contributed by atoms with Gasteiger partial charge in [0.2, 0.25) is 0 Å². The molecular weight excluding hydrogens is 322 g/mol. The van der Waals surface area contributed by atoms with Gasteiger partial charge in [-0.2, -0.15) is 0 Å². The molecule has 1 fully saturated rings. The molecule has 1 heterocycles. The van der Waals surface area contributed by atoms with Crippen molar-refractivity contribution in [3.8, 4) is 0 Å². The minimum absolute atomic E-state index is 0. The van der Waals surface area contributed by atoms with Gasteiger partial charge in [-0.3, -0.25) is 0 Å². The Morgan fingerprint density at radius 1 is 1.25 bits per heavy atom. The summed E-state index contributed by atoms with van der Waals surface area (Å²) in [5.41, 5.74) is 0. The van der Waals surface area contributed by atoms with Gasteiger partial charge < -0.3 is 17.1 Å². The van der Waals surface area contributed by atoms with Crippen molar-refractivity contribution in [2.75, 3.05) is 26.7 Å². The van der Waals surface area contributed by atoms with E-state index in [2.05, 4.69) is 11.9 Å². The Bertz CT molecular complexity index is 63.5. The molecule has 0 amide bonds. The van der Waals surface area contributed by atoms with Crippen molar-refractivity contribution >= 4 is 0 Å². The monoisotopic (exact) mass is 343 g/mol. The Morgan fingerprint density at radius 3 is 2.42 bits per heavy atom. The summed E-state index contributed by atoms with van der Waals surface area (Å²) in [6.07, 6.45) is 1.07. The van der Waals surface area contributed by atoms with Crippen molar-refractivity contribution in [1.29, 1.82) is 0 Å². The third-order valence-electron chi connectivity index (χ3n) is 1.34. The van der Waals surface area contributed by atoms with Crippen LogP contribution in [-0.4, -0.2) is 31.6 Å². The molecule has 0 aliphatic carbocycles. The van der Waals surface area contributed by atoms with E-state index in [1.54, 1.807) is 0 Å². The second-order valence-electron chi connectivity index (χ2n) is 2.13. The second kappa shape index (κ2) is 14.2. The molecule has 1 aliphatic heterocycles. The van der Waals surface area contributed by atoms with Gasteiger partial charge in [-0.1, -0.05) is 13.8 Å². The fourth-order valence-electron chi connectivity index (χ4n) is 0.760. The predicted molar refractivity (Wildman–Crippen MR) is 50.1 cm³/mol. The number of hydrogen-bond acceptors (Lipinski definition) is 2. The standard InChI is InChI=1S/C6H12NO.C2H6.CH3.W/c1-7-3-2-5-8-6-4-7;1-2;;/h5H,2-4,6H2,1H3;1-2H3;1H3;/q-1;;-1;+2. The van der Waals surface area contributed by atoms with Crippen molar-refractivity contribution in [2.24, 2.45) is 0 Å². The maximum atomic E-state index is 5.10. The van der Waals surface area contributed by atoms with Crippen LogP contribution in [0.2, 0.25) is 0 Å². The van der Waals surface area contributed by atoms with Gasteiger partial charge in [-0.25, -0.2) is 6.61 Å². The van der Waals surface area contributed by atoms with E-state index in [1.807, 2.05) is 20.5 Å². The summed E-state index contributed by atoms with van der Waals surface area (Å²) in [5.74, 6) is 0. The number of ether oxygens (including phenoxy) is 1. The van der Waals surface area contributed by atoms with Crippen LogP contribution in [0.15, 0.2) is 0 Å². The first-order valence-electron chi connectivity index (χ1n) is 4.01. The first-order chi connectivity index (χ1) is 4.89. The van der Waals surface area contributed by atoms with Crippen LogP contribution in [0.3, 0.4) is 0 Å². The first-order valence-corrected chi connectivity index (χ1v) is 4.01. The van der Waals surface area contributed by atoms with Crippen LogP contribution in [0.4, 0.5) is 0 Å². The molecule has 2 nitrogen and oxygen atoms in total. The molecule has 12 heavy (non-hydrogen) atoms. The van der Waals surface area contributed by atoms with Gasteiger partial charge in [0.25, 0.3) is 0 Å². The molecule has 0 aromatic rings. The van der Waals surface area contributed by atoms with Crippen molar-refractivity contribution in [3.63, 3.8) is 0 Å². The molecule has 74 valence electrons. The first kappa shape index (κ1) is 18.4. The van der Waals surface area contributed by atoms with Crippen LogP contribution in [0.25, 0.3) is 0 Å². The van der Waals surface area contributed by atoms with E-state index in [-0.39, 0.29) is 28.5 Å². The smallest absolute Gasteiger partial charge is 0.551 e. The van der Waals surface area contributed by atoms with Crippen LogP contribution in [0.1, 0.15) is 20.3 Å². The average molecular weight is 343 g/mol. The molecule has 0 bridgehead atoms. The van der Waals surface area contributed by atoms with Crippen LogP contribution in [0, 0.1) is 14.0 Å². The molecule has 0 N–H and O–H groups in total. The van der Waals surface area contributed by atoms with Gasteiger partial charge in [0, 0.05) is 13.2 Å². The van der Waals surface area contributed by atoms with E-state index in [1.165, 1.54) is 0 Å². The molecule has 1 saturated heterocycles. The maximum absolute atomic E-state index is 5.10. The average Bonchev–Trinajstić information content (AvgIpc) is 2.21. The summed E-state index contributed by atoms with van der Waals surface area (Å²) >= 11 is 0. The largest absolute Gasteiger partial charge is 2.00 e. The summed E-state index contributed by atoms with van der Waals surface area (Å²) in [6.45, 7) is 8.95. The molecule has 0 atom stereocenters. The number of likely N-dealkylation sites (N-methyl/N-ethyl adjacent to an activating group) is 1. The molecule has 1 aliphatic rings. The molecule has 0 saturated carbocycles. The van der Waals surface area contributed by atoms with Crippen molar-refractivity contribution in [1.82, 2.24) is 4.90 Å². The Hall–Kier alpha value is 0.608. The van der Waals surface area contributed by atoms with Crippen molar-refractivity contribution < 1.29 is 25.8 Å². The number of rotatable bonds is 0. The minimum Gasteiger partial charge on any atom is -0.551 e. The van der Waals surface area contributed by atoms with Crippen molar-refractivity contribution in [3.05, 3.63) is 14.0 Å². The third kappa shape index (κ3) is 10.6. The Morgan fingerprint density at radius 2 is 1.83 bits per heavy atom. The van der Waals surface area contributed by atoms with Crippen LogP contribution >= 0.6 is 0 Å².